The quantitative estimate of drug-likeness (QED) is 0.564. The summed E-state index contributed by atoms with van der Waals surface area (Å²) in [5, 5.41) is 6.45. The lowest BCUT2D eigenvalue weighted by Gasteiger charge is -1.97. The van der Waals surface area contributed by atoms with Gasteiger partial charge in [-0.3, -0.25) is 9.67 Å². The van der Waals surface area contributed by atoms with Gasteiger partial charge in [0.2, 0.25) is 0 Å². The van der Waals surface area contributed by atoms with Crippen LogP contribution < -0.4 is 0 Å². The number of aromatic amines is 1. The van der Waals surface area contributed by atoms with Crippen molar-refractivity contribution in [3.05, 3.63) is 43.1 Å². The highest BCUT2D eigenvalue weighted by Gasteiger charge is 2.08. The van der Waals surface area contributed by atoms with Crippen molar-refractivity contribution in [2.45, 2.75) is 0 Å². The second-order valence-electron chi connectivity index (χ2n) is 4.57. The Balaban J connectivity index is 2.02. The third kappa shape index (κ3) is 1.52. The zero-order valence-electron chi connectivity index (χ0n) is 10.3. The first-order chi connectivity index (χ1) is 9.31. The lowest BCUT2D eigenvalue weighted by Crippen LogP contribution is -1.84. The van der Waals surface area contributed by atoms with Gasteiger partial charge in [0, 0.05) is 47.5 Å². The van der Waals surface area contributed by atoms with E-state index < -0.39 is 0 Å². The van der Waals surface area contributed by atoms with E-state index in [1.165, 1.54) is 0 Å². The molecule has 4 aromatic heterocycles. The standard InChI is InChI=1S/C14H11N5/c1-19-8-10(6-17-19)9-4-12-11-2-3-15-7-13(11)18-14(12)16-5-9/h2-8H,1H3,(H,16,18). The number of nitrogens with zero attached hydrogens (tertiary/aromatic N) is 4. The molecule has 0 aliphatic carbocycles. The minimum absolute atomic E-state index is 0.885. The fourth-order valence-electron chi connectivity index (χ4n) is 2.35. The van der Waals surface area contributed by atoms with Crippen LogP contribution in [0.2, 0.25) is 0 Å². The molecule has 0 aromatic carbocycles. The number of aromatic nitrogens is 5. The van der Waals surface area contributed by atoms with Gasteiger partial charge in [0.15, 0.2) is 0 Å². The maximum atomic E-state index is 4.48. The molecule has 5 nitrogen and oxygen atoms in total. The summed E-state index contributed by atoms with van der Waals surface area (Å²) in [6.45, 7) is 0. The fourth-order valence-corrected chi connectivity index (χ4v) is 2.35. The van der Waals surface area contributed by atoms with Gasteiger partial charge in [-0.15, -0.1) is 0 Å². The third-order valence-corrected chi connectivity index (χ3v) is 3.29. The van der Waals surface area contributed by atoms with E-state index in [1.54, 1.807) is 10.9 Å². The molecular weight excluding hydrogens is 238 g/mol. The third-order valence-electron chi connectivity index (χ3n) is 3.29. The number of aryl methyl sites for hydroxylation is 1. The van der Waals surface area contributed by atoms with E-state index in [0.717, 1.165) is 33.1 Å². The van der Waals surface area contributed by atoms with Crippen LogP contribution in [0.15, 0.2) is 43.1 Å². The molecule has 0 aliphatic heterocycles. The molecule has 0 spiro atoms. The predicted octanol–water partition coefficient (Wildman–Crippen LogP) is 2.51. The number of rotatable bonds is 1. The van der Waals surface area contributed by atoms with Crippen molar-refractivity contribution >= 4 is 21.9 Å². The van der Waals surface area contributed by atoms with Crippen LogP contribution in [0, 0.1) is 0 Å². The zero-order valence-corrected chi connectivity index (χ0v) is 10.3. The molecular formula is C14H11N5. The van der Waals surface area contributed by atoms with E-state index in [2.05, 4.69) is 26.1 Å². The lowest BCUT2D eigenvalue weighted by molar-refractivity contribution is 0.768. The van der Waals surface area contributed by atoms with Crippen LogP contribution in [-0.2, 0) is 7.05 Å². The Morgan fingerprint density at radius 2 is 2.05 bits per heavy atom. The van der Waals surface area contributed by atoms with Gasteiger partial charge in [-0.2, -0.15) is 5.10 Å². The van der Waals surface area contributed by atoms with Crippen LogP contribution in [0.4, 0.5) is 0 Å². The monoisotopic (exact) mass is 249 g/mol. The lowest BCUT2D eigenvalue weighted by atomic mass is 10.1. The van der Waals surface area contributed by atoms with E-state index in [-0.39, 0.29) is 0 Å². The number of fused-ring (bicyclic) bond motifs is 3. The summed E-state index contributed by atoms with van der Waals surface area (Å²) in [6.07, 6.45) is 9.31. The zero-order chi connectivity index (χ0) is 12.8. The summed E-state index contributed by atoms with van der Waals surface area (Å²) in [5.41, 5.74) is 4.03. The van der Waals surface area contributed by atoms with E-state index >= 15 is 0 Å². The van der Waals surface area contributed by atoms with Gasteiger partial charge in [0.1, 0.15) is 5.65 Å². The SMILES string of the molecule is Cn1cc(-c2cnc3[nH]c4cnccc4c3c2)cn1. The topological polar surface area (TPSA) is 59.4 Å². The van der Waals surface area contributed by atoms with E-state index in [9.17, 15) is 0 Å². The van der Waals surface area contributed by atoms with Crippen molar-refractivity contribution in [3.8, 4) is 11.1 Å². The molecule has 1 N–H and O–H groups in total. The highest BCUT2D eigenvalue weighted by Crippen LogP contribution is 2.27. The molecule has 0 saturated carbocycles. The van der Waals surface area contributed by atoms with Crippen LogP contribution in [-0.4, -0.2) is 24.7 Å². The minimum Gasteiger partial charge on any atom is -0.338 e. The molecule has 92 valence electrons. The first-order valence-electron chi connectivity index (χ1n) is 6.02. The molecule has 0 amide bonds. The number of hydrogen-bond acceptors (Lipinski definition) is 3. The molecule has 0 fully saturated rings. The molecule has 0 radical (unpaired) electrons. The Hall–Kier alpha value is -2.69. The first kappa shape index (κ1) is 10.3. The minimum atomic E-state index is 0.885. The van der Waals surface area contributed by atoms with Crippen LogP contribution in [0.25, 0.3) is 33.1 Å². The smallest absolute Gasteiger partial charge is 0.138 e. The summed E-state index contributed by atoms with van der Waals surface area (Å²) >= 11 is 0. The van der Waals surface area contributed by atoms with Crippen molar-refractivity contribution in [1.29, 1.82) is 0 Å². The van der Waals surface area contributed by atoms with Crippen molar-refractivity contribution < 1.29 is 0 Å². The summed E-state index contributed by atoms with van der Waals surface area (Å²) in [6, 6.07) is 4.14. The van der Waals surface area contributed by atoms with Crippen LogP contribution >= 0.6 is 0 Å². The Morgan fingerprint density at radius 3 is 2.89 bits per heavy atom. The normalized spacial score (nSPS) is 11.4. The second-order valence-corrected chi connectivity index (χ2v) is 4.57. The highest BCUT2D eigenvalue weighted by atomic mass is 15.2. The summed E-state index contributed by atoms with van der Waals surface area (Å²) < 4.78 is 1.79. The molecule has 0 saturated heterocycles. The molecule has 5 heteroatoms. The largest absolute Gasteiger partial charge is 0.338 e. The van der Waals surface area contributed by atoms with E-state index in [1.807, 2.05) is 37.9 Å². The van der Waals surface area contributed by atoms with Gasteiger partial charge >= 0.3 is 0 Å². The molecule has 4 rings (SSSR count). The average molecular weight is 249 g/mol. The van der Waals surface area contributed by atoms with Crippen LogP contribution in [0.5, 0.6) is 0 Å². The predicted molar refractivity (Wildman–Crippen MR) is 73.6 cm³/mol. The highest BCUT2D eigenvalue weighted by molar-refractivity contribution is 6.06. The number of H-pyrrole nitrogens is 1. The van der Waals surface area contributed by atoms with Crippen molar-refractivity contribution in [2.24, 2.45) is 7.05 Å². The number of nitrogens with one attached hydrogen (secondary N) is 1. The Kier molecular flexibility index (Phi) is 1.97. The Morgan fingerprint density at radius 1 is 1.11 bits per heavy atom. The van der Waals surface area contributed by atoms with E-state index in [4.69, 9.17) is 0 Å². The summed E-state index contributed by atoms with van der Waals surface area (Å²) in [4.78, 5) is 11.9. The number of hydrogen-bond donors (Lipinski definition) is 1. The van der Waals surface area contributed by atoms with Gasteiger partial charge in [-0.05, 0) is 12.1 Å². The van der Waals surface area contributed by atoms with Crippen molar-refractivity contribution in [1.82, 2.24) is 24.7 Å². The van der Waals surface area contributed by atoms with Gasteiger partial charge in [-0.25, -0.2) is 4.98 Å². The van der Waals surface area contributed by atoms with Gasteiger partial charge in [0.05, 0.1) is 17.9 Å². The van der Waals surface area contributed by atoms with Crippen molar-refractivity contribution in [3.63, 3.8) is 0 Å². The van der Waals surface area contributed by atoms with Gasteiger partial charge in [0.25, 0.3) is 0 Å². The summed E-state index contributed by atoms with van der Waals surface area (Å²) in [5.74, 6) is 0. The van der Waals surface area contributed by atoms with Crippen molar-refractivity contribution in [2.75, 3.05) is 0 Å². The average Bonchev–Trinajstić information content (AvgIpc) is 3.01. The molecule has 0 atom stereocenters. The molecule has 0 aliphatic rings. The van der Waals surface area contributed by atoms with Crippen LogP contribution in [0.3, 0.4) is 0 Å². The van der Waals surface area contributed by atoms with E-state index in [0.29, 0.717) is 0 Å². The molecule has 0 bridgehead atoms. The molecule has 4 heterocycles. The van der Waals surface area contributed by atoms with Gasteiger partial charge in [-0.1, -0.05) is 0 Å². The summed E-state index contributed by atoms with van der Waals surface area (Å²) in [7, 11) is 1.91. The first-order valence-corrected chi connectivity index (χ1v) is 6.02. The maximum absolute atomic E-state index is 4.48. The van der Waals surface area contributed by atoms with Crippen LogP contribution in [0.1, 0.15) is 0 Å². The molecule has 19 heavy (non-hydrogen) atoms. The molecule has 4 aromatic rings. The molecule has 0 unspecified atom stereocenters. The fraction of sp³-hybridized carbons (Fsp3) is 0.0714. The number of pyridine rings is 2. The Labute approximate surface area is 108 Å². The maximum Gasteiger partial charge on any atom is 0.138 e. The Bertz CT molecular complexity index is 887. The second kappa shape index (κ2) is 3.65. The van der Waals surface area contributed by atoms with Gasteiger partial charge < -0.3 is 4.98 Å².